The smallest absolute Gasteiger partial charge is 0.341 e. The summed E-state index contributed by atoms with van der Waals surface area (Å²) in [4.78, 5) is 37.7. The topological polar surface area (TPSA) is 127 Å². The molecule has 3 N–H and O–H groups in total. The molecule has 2 atom stereocenters. The molecule has 0 fully saturated rings. The van der Waals surface area contributed by atoms with Crippen LogP contribution in [0.15, 0.2) is 18.7 Å². The maximum absolute atomic E-state index is 11.1. The number of aromatic nitrogens is 2. The summed E-state index contributed by atoms with van der Waals surface area (Å²) in [6.07, 6.45) is 5.56. The molecule has 2 unspecified atom stereocenters. The quantitative estimate of drug-likeness (QED) is 0.468. The summed E-state index contributed by atoms with van der Waals surface area (Å²) < 4.78 is 25.1. The maximum Gasteiger partial charge on any atom is 0.341 e. The van der Waals surface area contributed by atoms with Crippen molar-refractivity contribution in [1.29, 1.82) is 0 Å². The first-order valence-electron chi connectivity index (χ1n) is 5.28. The van der Waals surface area contributed by atoms with Crippen molar-refractivity contribution in [2.24, 2.45) is 0 Å². The SMILES string of the molecule is CCCn1cc[n+](CC(P(=O)([O-])O)P(=O)(O)O)c1. The molecule has 0 aliphatic carbocycles. The van der Waals surface area contributed by atoms with Gasteiger partial charge in [-0.15, -0.1) is 0 Å². The molecule has 0 radical (unpaired) electrons. The van der Waals surface area contributed by atoms with Gasteiger partial charge in [-0.2, -0.15) is 0 Å². The maximum atomic E-state index is 11.1. The molecule has 0 amide bonds. The Labute approximate surface area is 104 Å². The lowest BCUT2D eigenvalue weighted by Gasteiger charge is -2.25. The Morgan fingerprint density at radius 1 is 1.39 bits per heavy atom. The van der Waals surface area contributed by atoms with Crippen LogP contribution in [0.3, 0.4) is 0 Å². The number of imidazole rings is 1. The van der Waals surface area contributed by atoms with E-state index in [1.54, 1.807) is 10.8 Å². The summed E-state index contributed by atoms with van der Waals surface area (Å²) in [5, 5.41) is -2.12. The molecule has 0 bridgehead atoms. The van der Waals surface area contributed by atoms with Crippen LogP contribution in [0.4, 0.5) is 0 Å². The largest absolute Gasteiger partial charge is 0.778 e. The van der Waals surface area contributed by atoms with Gasteiger partial charge < -0.3 is 24.1 Å². The van der Waals surface area contributed by atoms with E-state index >= 15 is 0 Å². The van der Waals surface area contributed by atoms with Crippen LogP contribution in [0, 0.1) is 0 Å². The Balaban J connectivity index is 2.90. The van der Waals surface area contributed by atoms with E-state index in [9.17, 15) is 14.0 Å². The number of aryl methyl sites for hydroxylation is 1. The van der Waals surface area contributed by atoms with Gasteiger partial charge in [0.05, 0.1) is 6.54 Å². The van der Waals surface area contributed by atoms with E-state index in [2.05, 4.69) is 0 Å². The summed E-state index contributed by atoms with van der Waals surface area (Å²) in [5.74, 6) is 0. The van der Waals surface area contributed by atoms with Gasteiger partial charge in [0.1, 0.15) is 18.9 Å². The standard InChI is InChI=1S/C8H16N2O6P2/c1-2-3-9-4-5-10(7-9)6-8(17(11,12)13)18(14,15)16/h4-5,7-8H,2-3,6H2,1H3,(H3-,11,12,13,14,15,16). The van der Waals surface area contributed by atoms with Crippen LogP contribution in [-0.2, 0) is 22.2 Å². The number of hydrogen-bond acceptors (Lipinski definition) is 3. The summed E-state index contributed by atoms with van der Waals surface area (Å²) in [6, 6.07) is 0. The van der Waals surface area contributed by atoms with Crippen molar-refractivity contribution in [3.63, 3.8) is 0 Å². The zero-order valence-electron chi connectivity index (χ0n) is 9.79. The molecule has 18 heavy (non-hydrogen) atoms. The van der Waals surface area contributed by atoms with Crippen molar-refractivity contribution in [1.82, 2.24) is 4.57 Å². The monoisotopic (exact) mass is 298 g/mol. The molecule has 0 saturated carbocycles. The Bertz CT molecular complexity index is 468. The molecule has 0 saturated heterocycles. The van der Waals surface area contributed by atoms with Crippen LogP contribution in [0.1, 0.15) is 13.3 Å². The second-order valence-corrected chi connectivity index (χ2v) is 7.94. The molecule has 0 aliphatic rings. The molecule has 1 aromatic heterocycles. The highest BCUT2D eigenvalue weighted by atomic mass is 31.2. The highest BCUT2D eigenvalue weighted by Crippen LogP contribution is 2.57. The predicted molar refractivity (Wildman–Crippen MR) is 60.6 cm³/mol. The molecule has 0 aromatic carbocycles. The molecule has 0 spiro atoms. The molecule has 0 aliphatic heterocycles. The first kappa shape index (κ1) is 15.6. The van der Waals surface area contributed by atoms with E-state index in [-0.39, 0.29) is 0 Å². The third-order valence-corrected chi connectivity index (χ3v) is 6.00. The molecular weight excluding hydrogens is 282 g/mol. The first-order chi connectivity index (χ1) is 8.14. The van der Waals surface area contributed by atoms with Gasteiger partial charge in [0.25, 0.3) is 0 Å². The third kappa shape index (κ3) is 4.31. The lowest BCUT2D eigenvalue weighted by Crippen LogP contribution is -2.39. The van der Waals surface area contributed by atoms with Crippen LogP contribution >= 0.6 is 15.2 Å². The predicted octanol–water partition coefficient (Wildman–Crippen LogP) is -0.765. The summed E-state index contributed by atoms with van der Waals surface area (Å²) >= 11 is 0. The highest BCUT2D eigenvalue weighted by Gasteiger charge is 2.39. The van der Waals surface area contributed by atoms with Gasteiger partial charge in [-0.1, -0.05) is 6.92 Å². The van der Waals surface area contributed by atoms with E-state index in [1.165, 1.54) is 17.1 Å². The van der Waals surface area contributed by atoms with E-state index in [4.69, 9.17) is 14.7 Å². The van der Waals surface area contributed by atoms with Crippen LogP contribution in [0.5, 0.6) is 0 Å². The van der Waals surface area contributed by atoms with E-state index in [0.717, 1.165) is 6.42 Å². The fourth-order valence-corrected chi connectivity index (χ4v) is 3.84. The van der Waals surface area contributed by atoms with Crippen molar-refractivity contribution in [2.75, 3.05) is 0 Å². The number of rotatable bonds is 6. The van der Waals surface area contributed by atoms with Gasteiger partial charge in [0, 0.05) is 0 Å². The van der Waals surface area contributed by atoms with Gasteiger partial charge in [-0.3, -0.25) is 4.57 Å². The van der Waals surface area contributed by atoms with Crippen molar-refractivity contribution in [2.45, 2.75) is 31.8 Å². The summed E-state index contributed by atoms with van der Waals surface area (Å²) in [6.45, 7) is 2.18. The van der Waals surface area contributed by atoms with Gasteiger partial charge >= 0.3 is 7.60 Å². The average Bonchev–Trinajstić information content (AvgIpc) is 2.59. The van der Waals surface area contributed by atoms with Gasteiger partial charge in [0.2, 0.25) is 6.33 Å². The van der Waals surface area contributed by atoms with Crippen LogP contribution in [0.2, 0.25) is 0 Å². The van der Waals surface area contributed by atoms with E-state index in [0.29, 0.717) is 6.54 Å². The Morgan fingerprint density at radius 2 is 2.00 bits per heavy atom. The Morgan fingerprint density at radius 3 is 2.44 bits per heavy atom. The van der Waals surface area contributed by atoms with Crippen molar-refractivity contribution >= 4 is 15.2 Å². The average molecular weight is 298 g/mol. The second kappa shape index (κ2) is 5.65. The zero-order valence-corrected chi connectivity index (χ0v) is 11.6. The fraction of sp³-hybridized carbons (Fsp3) is 0.625. The van der Waals surface area contributed by atoms with Crippen molar-refractivity contribution in [3.8, 4) is 0 Å². The minimum absolute atomic E-state index is 0.488. The summed E-state index contributed by atoms with van der Waals surface area (Å²) in [5.41, 5.74) is 0. The minimum atomic E-state index is -5.11. The second-order valence-electron chi connectivity index (χ2n) is 3.98. The lowest BCUT2D eigenvalue weighted by atomic mass is 10.5. The molecule has 1 rings (SSSR count). The van der Waals surface area contributed by atoms with Crippen molar-refractivity contribution in [3.05, 3.63) is 18.7 Å². The van der Waals surface area contributed by atoms with Crippen molar-refractivity contribution < 1.29 is 33.3 Å². The normalized spacial score (nSPS) is 17.4. The fourth-order valence-electron chi connectivity index (χ4n) is 1.53. The lowest BCUT2D eigenvalue weighted by molar-refractivity contribution is -0.694. The first-order valence-corrected chi connectivity index (χ1v) is 8.61. The number of hydrogen-bond donors (Lipinski definition) is 3. The third-order valence-electron chi connectivity index (χ3n) is 2.37. The van der Waals surface area contributed by atoms with Gasteiger partial charge in [0.15, 0.2) is 13.0 Å². The summed E-state index contributed by atoms with van der Waals surface area (Å²) in [7, 11) is -10.0. The van der Waals surface area contributed by atoms with Crippen LogP contribution in [-0.4, -0.2) is 24.6 Å². The Hall–Kier alpha value is -0.490. The molecule has 1 heterocycles. The van der Waals surface area contributed by atoms with E-state index in [1.807, 2.05) is 6.92 Å². The highest BCUT2D eigenvalue weighted by molar-refractivity contribution is 7.70. The molecular formula is C8H16N2O6P2. The Kier molecular flexibility index (Phi) is 4.89. The molecule has 1 aromatic rings. The van der Waals surface area contributed by atoms with E-state index < -0.39 is 27.1 Å². The van der Waals surface area contributed by atoms with Gasteiger partial charge in [-0.25, -0.2) is 9.13 Å². The molecule has 8 nitrogen and oxygen atoms in total. The zero-order chi connectivity index (χ0) is 14.0. The minimum Gasteiger partial charge on any atom is -0.778 e. The number of nitrogens with zero attached hydrogens (tertiary/aromatic N) is 2. The molecule has 104 valence electrons. The van der Waals surface area contributed by atoms with Crippen LogP contribution < -0.4 is 9.46 Å². The van der Waals surface area contributed by atoms with Gasteiger partial charge in [-0.05, 0) is 6.42 Å². The van der Waals surface area contributed by atoms with Crippen LogP contribution in [0.25, 0.3) is 0 Å². The molecule has 10 heteroatoms.